The molecule has 1 N–H and O–H groups in total. The van der Waals surface area contributed by atoms with Crippen LogP contribution >= 0.6 is 46.3 Å². The number of carbonyl (C=O) groups is 1. The first-order valence-electron chi connectivity index (χ1n) is 10.3. The molecule has 4 aromatic heterocycles. The van der Waals surface area contributed by atoms with E-state index in [2.05, 4.69) is 25.5 Å². The quantitative estimate of drug-likeness (QED) is 0.243. The van der Waals surface area contributed by atoms with Crippen molar-refractivity contribution in [3.8, 4) is 17.3 Å². The molecule has 0 radical (unpaired) electrons. The second-order valence-electron chi connectivity index (χ2n) is 7.17. The Bertz CT molecular complexity index is 1450. The number of hydrogen-bond acceptors (Lipinski definition) is 8. The number of benzene rings is 1. The molecule has 0 fully saturated rings. The van der Waals surface area contributed by atoms with Gasteiger partial charge in [-0.25, -0.2) is 4.98 Å². The fourth-order valence-corrected chi connectivity index (χ4v) is 5.20. The molecule has 0 unspecified atom stereocenters. The summed E-state index contributed by atoms with van der Waals surface area (Å²) in [6, 6.07) is 12.6. The Morgan fingerprint density at radius 2 is 1.97 bits per heavy atom. The van der Waals surface area contributed by atoms with Gasteiger partial charge in [-0.2, -0.15) is 0 Å². The van der Waals surface area contributed by atoms with E-state index in [1.165, 1.54) is 23.1 Å². The van der Waals surface area contributed by atoms with Crippen molar-refractivity contribution in [1.29, 1.82) is 0 Å². The van der Waals surface area contributed by atoms with Crippen LogP contribution in [0.3, 0.4) is 0 Å². The van der Waals surface area contributed by atoms with Gasteiger partial charge in [-0.1, -0.05) is 35.0 Å². The highest BCUT2D eigenvalue weighted by Crippen LogP contribution is 2.33. The normalized spacial score (nSPS) is 11.0. The minimum atomic E-state index is -0.228. The Morgan fingerprint density at radius 1 is 1.11 bits per heavy atom. The first kappa shape index (κ1) is 23.6. The summed E-state index contributed by atoms with van der Waals surface area (Å²) in [5.41, 5.74) is 2.09. The number of pyridine rings is 1. The summed E-state index contributed by atoms with van der Waals surface area (Å²) < 4.78 is 7.40. The van der Waals surface area contributed by atoms with E-state index in [9.17, 15) is 4.79 Å². The van der Waals surface area contributed by atoms with Gasteiger partial charge in [0.25, 0.3) is 5.91 Å². The number of rotatable bonds is 8. The molecule has 0 aliphatic carbocycles. The molecular weight excluding hydrogens is 527 g/mol. The highest BCUT2D eigenvalue weighted by Gasteiger charge is 2.20. The predicted molar refractivity (Wildman–Crippen MR) is 136 cm³/mol. The molecule has 8 nitrogen and oxygen atoms in total. The fourth-order valence-electron chi connectivity index (χ4n) is 3.17. The molecule has 4 heterocycles. The van der Waals surface area contributed by atoms with Crippen LogP contribution in [0.2, 0.25) is 10.0 Å². The predicted octanol–water partition coefficient (Wildman–Crippen LogP) is 5.91. The van der Waals surface area contributed by atoms with Crippen molar-refractivity contribution in [2.75, 3.05) is 0 Å². The van der Waals surface area contributed by atoms with E-state index in [1.807, 2.05) is 28.8 Å². The van der Waals surface area contributed by atoms with E-state index >= 15 is 0 Å². The van der Waals surface area contributed by atoms with Crippen molar-refractivity contribution in [1.82, 2.24) is 30.0 Å². The molecule has 1 aromatic carbocycles. The van der Waals surface area contributed by atoms with Crippen LogP contribution in [-0.2, 0) is 12.3 Å². The van der Waals surface area contributed by atoms with Crippen LogP contribution in [0.4, 0.5) is 0 Å². The Balaban J connectivity index is 1.32. The first-order chi connectivity index (χ1) is 17.1. The number of furan rings is 1. The minimum Gasteiger partial charge on any atom is -0.461 e. The monoisotopic (exact) mass is 542 g/mol. The molecule has 0 aliphatic heterocycles. The average molecular weight is 543 g/mol. The Hall–Kier alpha value is -3.18. The lowest BCUT2D eigenvalue weighted by Gasteiger charge is -2.10. The van der Waals surface area contributed by atoms with Gasteiger partial charge in [0.05, 0.1) is 27.7 Å². The van der Waals surface area contributed by atoms with Crippen LogP contribution in [0.25, 0.3) is 17.3 Å². The Kier molecular flexibility index (Phi) is 7.14. The van der Waals surface area contributed by atoms with Crippen LogP contribution in [0, 0.1) is 0 Å². The van der Waals surface area contributed by atoms with Gasteiger partial charge in [0.1, 0.15) is 10.7 Å². The van der Waals surface area contributed by atoms with Gasteiger partial charge in [0, 0.05) is 24.3 Å². The summed E-state index contributed by atoms with van der Waals surface area (Å²) >= 11 is 15.2. The van der Waals surface area contributed by atoms with E-state index in [-0.39, 0.29) is 5.91 Å². The van der Waals surface area contributed by atoms with Crippen LogP contribution in [0.1, 0.15) is 21.1 Å². The molecule has 0 saturated heterocycles. The van der Waals surface area contributed by atoms with Crippen molar-refractivity contribution in [3.63, 3.8) is 0 Å². The summed E-state index contributed by atoms with van der Waals surface area (Å²) in [6.45, 7) is 0.408. The smallest absolute Gasteiger partial charge is 0.271 e. The molecule has 0 spiro atoms. The van der Waals surface area contributed by atoms with Gasteiger partial charge < -0.3 is 9.73 Å². The van der Waals surface area contributed by atoms with Crippen molar-refractivity contribution in [2.24, 2.45) is 0 Å². The minimum absolute atomic E-state index is 0.228. The molecule has 12 heteroatoms. The van der Waals surface area contributed by atoms with Crippen molar-refractivity contribution >= 4 is 52.2 Å². The summed E-state index contributed by atoms with van der Waals surface area (Å²) in [5, 5.41) is 15.6. The molecule has 5 rings (SSSR count). The maximum Gasteiger partial charge on any atom is 0.271 e. The lowest BCUT2D eigenvalue weighted by molar-refractivity contribution is 0.0946. The van der Waals surface area contributed by atoms with Crippen LogP contribution in [0.5, 0.6) is 0 Å². The summed E-state index contributed by atoms with van der Waals surface area (Å²) in [7, 11) is 0. The molecule has 0 aliphatic rings. The second kappa shape index (κ2) is 10.6. The molecule has 0 saturated carbocycles. The number of halogens is 2. The molecule has 0 bridgehead atoms. The fraction of sp³-hybridized carbons (Fsp3) is 0.0870. The van der Waals surface area contributed by atoms with Gasteiger partial charge in [-0.05, 0) is 48.0 Å². The number of nitrogens with zero attached hydrogens (tertiary/aromatic N) is 5. The van der Waals surface area contributed by atoms with Crippen LogP contribution in [0.15, 0.2) is 76.1 Å². The molecule has 0 atom stereocenters. The van der Waals surface area contributed by atoms with Crippen molar-refractivity contribution < 1.29 is 9.21 Å². The number of aromatic nitrogens is 5. The lowest BCUT2D eigenvalue weighted by Crippen LogP contribution is -2.23. The van der Waals surface area contributed by atoms with E-state index in [0.29, 0.717) is 44.8 Å². The summed E-state index contributed by atoms with van der Waals surface area (Å²) in [6.07, 6.45) is 4.95. The molecule has 176 valence electrons. The number of thiazole rings is 1. The average Bonchev–Trinajstić information content (AvgIpc) is 3.64. The molecular formula is C23H16Cl2N6O2S2. The zero-order valence-electron chi connectivity index (χ0n) is 17.9. The van der Waals surface area contributed by atoms with Crippen LogP contribution in [-0.4, -0.2) is 30.6 Å². The zero-order chi connectivity index (χ0) is 24.2. The number of thioether (sulfide) groups is 1. The largest absolute Gasteiger partial charge is 0.461 e. The maximum atomic E-state index is 12.5. The van der Waals surface area contributed by atoms with Gasteiger partial charge in [-0.15, -0.1) is 21.5 Å². The number of nitrogens with one attached hydrogen (secondary N) is 1. The third-order valence-electron chi connectivity index (χ3n) is 4.85. The zero-order valence-corrected chi connectivity index (χ0v) is 21.0. The number of carbonyl (C=O) groups excluding carboxylic acids is 1. The lowest BCUT2D eigenvalue weighted by atomic mass is 10.2. The van der Waals surface area contributed by atoms with Gasteiger partial charge in [-0.3, -0.25) is 14.3 Å². The van der Waals surface area contributed by atoms with E-state index < -0.39 is 0 Å². The van der Waals surface area contributed by atoms with Crippen molar-refractivity contribution in [2.45, 2.75) is 17.5 Å². The van der Waals surface area contributed by atoms with Gasteiger partial charge in [0.15, 0.2) is 10.9 Å². The van der Waals surface area contributed by atoms with E-state index in [4.69, 9.17) is 27.6 Å². The SMILES string of the molecule is O=C(NCc1ccncc1)c1csc(CSc2nnc(-c3ccco3)n2-c2ccc(Cl)c(Cl)c2)n1. The third kappa shape index (κ3) is 5.40. The van der Waals surface area contributed by atoms with Gasteiger partial charge in [0.2, 0.25) is 5.82 Å². The highest BCUT2D eigenvalue weighted by molar-refractivity contribution is 7.98. The van der Waals surface area contributed by atoms with E-state index in [1.54, 1.807) is 42.2 Å². The van der Waals surface area contributed by atoms with Crippen molar-refractivity contribution in [3.05, 3.63) is 92.8 Å². The highest BCUT2D eigenvalue weighted by atomic mass is 35.5. The molecule has 5 aromatic rings. The van der Waals surface area contributed by atoms with Gasteiger partial charge >= 0.3 is 0 Å². The second-order valence-corrected chi connectivity index (χ2v) is 9.87. The summed E-state index contributed by atoms with van der Waals surface area (Å²) in [4.78, 5) is 20.9. The maximum absolute atomic E-state index is 12.5. The Labute approximate surface area is 218 Å². The topological polar surface area (TPSA) is 98.7 Å². The Morgan fingerprint density at radius 3 is 2.74 bits per heavy atom. The number of amides is 1. The number of hydrogen-bond donors (Lipinski definition) is 1. The third-order valence-corrected chi connectivity index (χ3v) is 7.56. The van der Waals surface area contributed by atoms with E-state index in [0.717, 1.165) is 16.3 Å². The standard InChI is InChI=1S/C23H16Cl2N6O2S2/c24-16-4-3-15(10-17(16)25)31-21(19-2-1-9-33-19)29-30-23(31)35-13-20-28-18(12-34-20)22(32)27-11-14-5-7-26-8-6-14/h1-10,12H,11,13H2,(H,27,32). The molecule has 35 heavy (non-hydrogen) atoms. The van der Waals surface area contributed by atoms with Crippen LogP contribution < -0.4 is 5.32 Å². The summed E-state index contributed by atoms with van der Waals surface area (Å²) in [5.74, 6) is 1.37. The molecule has 1 amide bonds. The first-order valence-corrected chi connectivity index (χ1v) is 12.9.